The molecular weight excluding hydrogens is 255 g/mol. The van der Waals surface area contributed by atoms with E-state index in [-0.39, 0.29) is 27.3 Å². The van der Waals surface area contributed by atoms with Crippen molar-refractivity contribution in [3.8, 4) is 0 Å². The Morgan fingerprint density at radius 2 is 2.00 bits per heavy atom. The van der Waals surface area contributed by atoms with Crippen LogP contribution in [0, 0.1) is 0 Å². The first kappa shape index (κ1) is 9.18. The van der Waals surface area contributed by atoms with Gasteiger partial charge in [0.25, 0.3) is 0 Å². The molecule has 0 unspecified atom stereocenters. The molecule has 0 fully saturated rings. The van der Waals surface area contributed by atoms with Gasteiger partial charge < -0.3 is 0 Å². The molecule has 0 aromatic heterocycles. The molecule has 0 saturated carbocycles. The van der Waals surface area contributed by atoms with Gasteiger partial charge in [-0.05, 0) is 6.42 Å². The third-order valence-electron chi connectivity index (χ3n) is 0.289. The molecule has 0 spiro atoms. The van der Waals surface area contributed by atoms with Crippen molar-refractivity contribution in [3.63, 3.8) is 0 Å². The zero-order chi connectivity index (χ0) is 3.41. The summed E-state index contributed by atoms with van der Waals surface area (Å²) < 4.78 is 0. The number of hydrogen-bond acceptors (Lipinski definition) is 0. The van der Waals surface area contributed by atoms with Crippen molar-refractivity contribution in [2.45, 2.75) is 13.3 Å². The summed E-state index contributed by atoms with van der Waals surface area (Å²) in [7, 11) is 0. The fraction of sp³-hybridized carbons (Fsp3) is 0.500. The first-order valence-corrected chi connectivity index (χ1v) is 1.52. The van der Waals surface area contributed by atoms with Gasteiger partial charge in [0.1, 0.15) is 0 Å². The van der Waals surface area contributed by atoms with Gasteiger partial charge >= 0.3 is 0 Å². The van der Waals surface area contributed by atoms with Gasteiger partial charge in [-0.3, -0.25) is 0 Å². The van der Waals surface area contributed by atoms with Crippen LogP contribution >= 0.6 is 0 Å². The average molecular weight is 263 g/mol. The summed E-state index contributed by atoms with van der Waals surface area (Å²) in [5, 5.41) is 0. The fourth-order valence-corrected chi connectivity index (χ4v) is 0. The maximum absolute atomic E-state index is 3.48. The summed E-state index contributed by atoms with van der Waals surface area (Å²) >= 11 is 0. The van der Waals surface area contributed by atoms with Crippen LogP contribution in [0.25, 0.3) is 0 Å². The Morgan fingerprint density at radius 1 is 1.80 bits per heavy atom. The Kier molecular flexibility index (Phi) is 16.2. The summed E-state index contributed by atoms with van der Waals surface area (Å²) in [5.74, 6) is 0. The van der Waals surface area contributed by atoms with Gasteiger partial charge in [0.15, 0.2) is 0 Å². The zero-order valence-electron chi connectivity index (χ0n) is 3.49. The first-order chi connectivity index (χ1) is 1.91. The molecule has 0 saturated heterocycles. The van der Waals surface area contributed by atoms with E-state index in [1.165, 1.54) is 0 Å². The standard InChI is InChI=1S/C4H8.Pb/c1-3-4-2;/h3H,1,4H2,2H3;. The van der Waals surface area contributed by atoms with Crippen LogP contribution in [0.1, 0.15) is 13.3 Å². The third-order valence-corrected chi connectivity index (χ3v) is 0.289. The second kappa shape index (κ2) is 8.82. The van der Waals surface area contributed by atoms with Crippen LogP contribution < -0.4 is 0 Å². The van der Waals surface area contributed by atoms with Crippen LogP contribution in [0.2, 0.25) is 0 Å². The number of allylic oxidation sites excluding steroid dienone is 1. The van der Waals surface area contributed by atoms with Crippen LogP contribution in [-0.2, 0) is 0 Å². The van der Waals surface area contributed by atoms with E-state index >= 15 is 0 Å². The van der Waals surface area contributed by atoms with Crippen molar-refractivity contribution < 1.29 is 0 Å². The molecular formula is C4H8Pb. The van der Waals surface area contributed by atoms with Crippen molar-refractivity contribution in [1.82, 2.24) is 0 Å². The van der Waals surface area contributed by atoms with E-state index in [9.17, 15) is 0 Å². The minimum Gasteiger partial charge on any atom is -0.103 e. The minimum atomic E-state index is 0. The predicted octanol–water partition coefficient (Wildman–Crippen LogP) is 1.20. The van der Waals surface area contributed by atoms with E-state index < -0.39 is 0 Å². The largest absolute Gasteiger partial charge is 0.103 e. The molecule has 0 rings (SSSR count). The third kappa shape index (κ3) is 12.0. The van der Waals surface area contributed by atoms with Crippen molar-refractivity contribution in [2.75, 3.05) is 0 Å². The van der Waals surface area contributed by atoms with Crippen molar-refractivity contribution >= 4 is 27.3 Å². The van der Waals surface area contributed by atoms with Gasteiger partial charge in [-0.15, -0.1) is 6.58 Å². The van der Waals surface area contributed by atoms with Gasteiger partial charge in [-0.1, -0.05) is 13.0 Å². The van der Waals surface area contributed by atoms with Crippen molar-refractivity contribution in [2.24, 2.45) is 0 Å². The Labute approximate surface area is 53.4 Å². The van der Waals surface area contributed by atoms with Crippen LogP contribution in [-0.4, -0.2) is 27.3 Å². The van der Waals surface area contributed by atoms with Gasteiger partial charge in [-0.2, -0.15) is 0 Å². The zero-order valence-corrected chi connectivity index (χ0v) is 7.38. The van der Waals surface area contributed by atoms with Gasteiger partial charge in [0.2, 0.25) is 0 Å². The Morgan fingerprint density at radius 3 is 2.00 bits per heavy atom. The minimum absolute atomic E-state index is 0. The predicted molar refractivity (Wildman–Crippen MR) is 26.2 cm³/mol. The normalized spacial score (nSPS) is 5.00. The SMILES string of the molecule is C=CCC.[Pb]. The average Bonchev–Trinajstić information content (AvgIpc) is 1.37. The second-order valence-corrected chi connectivity index (χ2v) is 0.697. The Hall–Kier alpha value is 0.662. The number of rotatable bonds is 1. The molecule has 0 nitrogen and oxygen atoms in total. The molecule has 0 aromatic carbocycles. The van der Waals surface area contributed by atoms with Gasteiger partial charge in [0.05, 0.1) is 0 Å². The molecule has 0 aliphatic carbocycles. The molecule has 0 bridgehead atoms. The quantitative estimate of drug-likeness (QED) is 0.492. The molecule has 0 aliphatic rings. The Bertz CT molecular complexity index is 17.6. The summed E-state index contributed by atoms with van der Waals surface area (Å²) in [6, 6.07) is 0. The fourth-order valence-electron chi connectivity index (χ4n) is 0. The topological polar surface area (TPSA) is 0 Å². The monoisotopic (exact) mass is 264 g/mol. The molecule has 0 amide bonds. The molecule has 28 valence electrons. The van der Waals surface area contributed by atoms with Crippen LogP contribution in [0.15, 0.2) is 12.7 Å². The van der Waals surface area contributed by atoms with Crippen molar-refractivity contribution in [3.05, 3.63) is 12.7 Å². The molecule has 0 aliphatic heterocycles. The van der Waals surface area contributed by atoms with E-state index in [2.05, 4.69) is 13.5 Å². The maximum Gasteiger partial charge on any atom is 0 e. The number of hydrogen-bond donors (Lipinski definition) is 0. The van der Waals surface area contributed by atoms with Gasteiger partial charge in [0, 0.05) is 27.3 Å². The summed E-state index contributed by atoms with van der Waals surface area (Å²) in [4.78, 5) is 0. The second-order valence-electron chi connectivity index (χ2n) is 0.697. The van der Waals surface area contributed by atoms with E-state index in [1.54, 1.807) is 0 Å². The smallest absolute Gasteiger partial charge is 0 e. The molecule has 0 heterocycles. The Balaban J connectivity index is 0. The molecule has 0 N–H and O–H groups in total. The van der Waals surface area contributed by atoms with E-state index in [4.69, 9.17) is 0 Å². The molecule has 0 aromatic rings. The van der Waals surface area contributed by atoms with E-state index in [0.717, 1.165) is 6.42 Å². The van der Waals surface area contributed by atoms with E-state index in [0.29, 0.717) is 0 Å². The van der Waals surface area contributed by atoms with Crippen LogP contribution in [0.4, 0.5) is 0 Å². The molecule has 4 radical (unpaired) electrons. The summed E-state index contributed by atoms with van der Waals surface area (Å²) in [6.07, 6.45) is 2.96. The van der Waals surface area contributed by atoms with Gasteiger partial charge in [-0.25, -0.2) is 0 Å². The van der Waals surface area contributed by atoms with Crippen LogP contribution in [0.5, 0.6) is 0 Å². The molecule has 1 heteroatoms. The first-order valence-electron chi connectivity index (χ1n) is 1.52. The maximum atomic E-state index is 3.48. The van der Waals surface area contributed by atoms with Crippen molar-refractivity contribution in [1.29, 1.82) is 0 Å². The van der Waals surface area contributed by atoms with Crippen LogP contribution in [0.3, 0.4) is 0 Å². The summed E-state index contributed by atoms with van der Waals surface area (Å²) in [6.45, 7) is 5.54. The summed E-state index contributed by atoms with van der Waals surface area (Å²) in [5.41, 5.74) is 0. The molecule has 5 heavy (non-hydrogen) atoms. The molecule has 0 atom stereocenters. The van der Waals surface area contributed by atoms with E-state index in [1.807, 2.05) is 6.08 Å².